The van der Waals surface area contributed by atoms with Crippen LogP contribution in [-0.2, 0) is 0 Å². The van der Waals surface area contributed by atoms with Gasteiger partial charge >= 0.3 is 0 Å². The molecular weight excluding hydrogens is 236 g/mol. The standard InChI is InChI=1S/C13H15F2N3/c1-6(2)11-7(3)17-12-9(13(11)18-16)4-8(14)5-10(12)15/h4-6H,16H2,1-3H3,(H,17,18). The number of fused-ring (bicyclic) bond motifs is 1. The van der Waals surface area contributed by atoms with Gasteiger partial charge in [-0.3, -0.25) is 5.84 Å². The zero-order valence-electron chi connectivity index (χ0n) is 10.5. The first-order valence-corrected chi connectivity index (χ1v) is 5.71. The van der Waals surface area contributed by atoms with Crippen molar-refractivity contribution in [3.05, 3.63) is 35.0 Å². The highest BCUT2D eigenvalue weighted by Crippen LogP contribution is 2.34. The highest BCUT2D eigenvalue weighted by atomic mass is 19.1. The predicted molar refractivity (Wildman–Crippen MR) is 68.3 cm³/mol. The first-order chi connectivity index (χ1) is 8.45. The molecule has 0 saturated carbocycles. The van der Waals surface area contributed by atoms with Crippen molar-refractivity contribution in [1.29, 1.82) is 0 Å². The molecule has 0 unspecified atom stereocenters. The maximum absolute atomic E-state index is 13.7. The SMILES string of the molecule is Cc1nc2c(F)cc(F)cc2c(NN)c1C(C)C. The molecule has 18 heavy (non-hydrogen) atoms. The van der Waals surface area contributed by atoms with Gasteiger partial charge in [0.05, 0.1) is 5.69 Å². The quantitative estimate of drug-likeness (QED) is 0.636. The van der Waals surface area contributed by atoms with Crippen LogP contribution >= 0.6 is 0 Å². The third kappa shape index (κ3) is 1.90. The summed E-state index contributed by atoms with van der Waals surface area (Å²) >= 11 is 0. The highest BCUT2D eigenvalue weighted by molar-refractivity contribution is 5.93. The Hall–Kier alpha value is -1.75. The second-order valence-corrected chi connectivity index (χ2v) is 4.57. The summed E-state index contributed by atoms with van der Waals surface area (Å²) in [7, 11) is 0. The fourth-order valence-electron chi connectivity index (χ4n) is 2.29. The van der Waals surface area contributed by atoms with Crippen LogP contribution in [0.4, 0.5) is 14.5 Å². The van der Waals surface area contributed by atoms with E-state index >= 15 is 0 Å². The molecule has 5 heteroatoms. The number of nitrogens with one attached hydrogen (secondary N) is 1. The number of pyridine rings is 1. The lowest BCUT2D eigenvalue weighted by Crippen LogP contribution is -2.13. The van der Waals surface area contributed by atoms with E-state index in [1.807, 2.05) is 13.8 Å². The van der Waals surface area contributed by atoms with Crippen molar-refractivity contribution >= 4 is 16.6 Å². The Morgan fingerprint density at radius 2 is 1.94 bits per heavy atom. The van der Waals surface area contributed by atoms with Crippen LogP contribution in [0.25, 0.3) is 10.9 Å². The third-order valence-corrected chi connectivity index (χ3v) is 2.96. The zero-order valence-corrected chi connectivity index (χ0v) is 10.5. The Morgan fingerprint density at radius 3 is 2.50 bits per heavy atom. The number of hydrogen-bond acceptors (Lipinski definition) is 3. The molecule has 0 amide bonds. The van der Waals surface area contributed by atoms with Gasteiger partial charge in [-0.25, -0.2) is 13.8 Å². The van der Waals surface area contributed by atoms with Crippen LogP contribution in [0, 0.1) is 18.6 Å². The summed E-state index contributed by atoms with van der Waals surface area (Å²) < 4.78 is 27.0. The second kappa shape index (κ2) is 4.49. The van der Waals surface area contributed by atoms with Crippen LogP contribution in [0.3, 0.4) is 0 Å². The summed E-state index contributed by atoms with van der Waals surface area (Å²) in [6.45, 7) is 5.75. The highest BCUT2D eigenvalue weighted by Gasteiger charge is 2.17. The molecule has 2 aromatic rings. The van der Waals surface area contributed by atoms with E-state index in [1.54, 1.807) is 6.92 Å². The first kappa shape index (κ1) is 12.7. The number of nitrogens with two attached hydrogens (primary N) is 1. The van der Waals surface area contributed by atoms with Crippen LogP contribution in [0.5, 0.6) is 0 Å². The molecule has 1 aromatic heterocycles. The number of rotatable bonds is 2. The molecule has 96 valence electrons. The minimum Gasteiger partial charge on any atom is -0.323 e. The van der Waals surface area contributed by atoms with E-state index in [9.17, 15) is 8.78 Å². The molecule has 0 saturated heterocycles. The van der Waals surface area contributed by atoms with Crippen molar-refractivity contribution in [3.8, 4) is 0 Å². The minimum atomic E-state index is -0.681. The Bertz CT molecular complexity index is 609. The minimum absolute atomic E-state index is 0.131. The summed E-state index contributed by atoms with van der Waals surface area (Å²) in [5.41, 5.74) is 4.77. The topological polar surface area (TPSA) is 50.9 Å². The van der Waals surface area contributed by atoms with E-state index in [-0.39, 0.29) is 11.4 Å². The van der Waals surface area contributed by atoms with Gasteiger partial charge in [0, 0.05) is 22.7 Å². The van der Waals surface area contributed by atoms with E-state index in [0.717, 1.165) is 11.6 Å². The van der Waals surface area contributed by atoms with Gasteiger partial charge in [0.25, 0.3) is 0 Å². The number of hydrogen-bond donors (Lipinski definition) is 2. The first-order valence-electron chi connectivity index (χ1n) is 5.71. The van der Waals surface area contributed by atoms with E-state index in [1.165, 1.54) is 6.07 Å². The summed E-state index contributed by atoms with van der Waals surface area (Å²) in [4.78, 5) is 4.21. The van der Waals surface area contributed by atoms with Gasteiger partial charge in [0.1, 0.15) is 11.3 Å². The van der Waals surface area contributed by atoms with Crippen LogP contribution < -0.4 is 11.3 Å². The van der Waals surface area contributed by atoms with E-state index in [2.05, 4.69) is 10.4 Å². The molecule has 2 rings (SSSR count). The van der Waals surface area contributed by atoms with Crippen LogP contribution in [0.1, 0.15) is 31.0 Å². The molecule has 0 spiro atoms. The number of nitrogens with zero attached hydrogens (tertiary/aromatic N) is 1. The predicted octanol–water partition coefficient (Wildman–Crippen LogP) is 3.23. The van der Waals surface area contributed by atoms with Gasteiger partial charge in [0.15, 0.2) is 5.82 Å². The van der Waals surface area contributed by atoms with E-state index in [0.29, 0.717) is 16.8 Å². The second-order valence-electron chi connectivity index (χ2n) is 4.57. The van der Waals surface area contributed by atoms with Gasteiger partial charge < -0.3 is 5.43 Å². The molecule has 3 N–H and O–H groups in total. The average Bonchev–Trinajstić information content (AvgIpc) is 2.28. The lowest BCUT2D eigenvalue weighted by molar-refractivity contribution is 0.590. The smallest absolute Gasteiger partial charge is 0.152 e. The van der Waals surface area contributed by atoms with Crippen molar-refractivity contribution in [2.24, 2.45) is 5.84 Å². The maximum atomic E-state index is 13.7. The number of anilines is 1. The molecule has 0 aliphatic rings. The molecule has 3 nitrogen and oxygen atoms in total. The number of aryl methyl sites for hydroxylation is 1. The molecule has 0 radical (unpaired) electrons. The zero-order chi connectivity index (χ0) is 13.4. The average molecular weight is 251 g/mol. The molecular formula is C13H15F2N3. The monoisotopic (exact) mass is 251 g/mol. The maximum Gasteiger partial charge on any atom is 0.152 e. The summed E-state index contributed by atoms with van der Waals surface area (Å²) in [6, 6.07) is 2.07. The van der Waals surface area contributed by atoms with Crippen molar-refractivity contribution in [1.82, 2.24) is 4.98 Å². The van der Waals surface area contributed by atoms with Gasteiger partial charge in [-0.2, -0.15) is 0 Å². The number of nitrogen functional groups attached to an aromatic ring is 1. The molecule has 0 aliphatic carbocycles. The number of benzene rings is 1. The van der Waals surface area contributed by atoms with Gasteiger partial charge in [-0.1, -0.05) is 13.8 Å². The van der Waals surface area contributed by atoms with Crippen molar-refractivity contribution in [2.75, 3.05) is 5.43 Å². The lowest BCUT2D eigenvalue weighted by atomic mass is 9.97. The lowest BCUT2D eigenvalue weighted by Gasteiger charge is -2.17. The molecule has 1 aromatic carbocycles. The molecule has 0 bridgehead atoms. The number of aromatic nitrogens is 1. The third-order valence-electron chi connectivity index (χ3n) is 2.96. The number of hydrazine groups is 1. The van der Waals surface area contributed by atoms with Crippen molar-refractivity contribution in [3.63, 3.8) is 0 Å². The summed E-state index contributed by atoms with van der Waals surface area (Å²) in [5.74, 6) is 4.33. The Morgan fingerprint density at radius 1 is 1.28 bits per heavy atom. The normalized spacial score (nSPS) is 11.3. The molecule has 0 fully saturated rings. The molecule has 0 aliphatic heterocycles. The molecule has 0 atom stereocenters. The van der Waals surface area contributed by atoms with E-state index < -0.39 is 11.6 Å². The molecule has 1 heterocycles. The van der Waals surface area contributed by atoms with Crippen molar-refractivity contribution < 1.29 is 8.78 Å². The Balaban J connectivity index is 2.94. The van der Waals surface area contributed by atoms with E-state index in [4.69, 9.17) is 5.84 Å². The van der Waals surface area contributed by atoms with Crippen LogP contribution in [0.15, 0.2) is 12.1 Å². The van der Waals surface area contributed by atoms with Gasteiger partial charge in [-0.15, -0.1) is 0 Å². The largest absolute Gasteiger partial charge is 0.323 e. The number of halogens is 2. The fourth-order valence-corrected chi connectivity index (χ4v) is 2.29. The van der Waals surface area contributed by atoms with Crippen LogP contribution in [-0.4, -0.2) is 4.98 Å². The van der Waals surface area contributed by atoms with Gasteiger partial charge in [-0.05, 0) is 18.9 Å². The Kier molecular flexibility index (Phi) is 3.17. The fraction of sp³-hybridized carbons (Fsp3) is 0.308. The summed E-state index contributed by atoms with van der Waals surface area (Å²) in [6.07, 6.45) is 0. The summed E-state index contributed by atoms with van der Waals surface area (Å²) in [5, 5.41) is 0.365. The Labute approximate surface area is 104 Å². The van der Waals surface area contributed by atoms with Crippen LogP contribution in [0.2, 0.25) is 0 Å². The van der Waals surface area contributed by atoms with Gasteiger partial charge in [0.2, 0.25) is 0 Å². The van der Waals surface area contributed by atoms with Crippen molar-refractivity contribution in [2.45, 2.75) is 26.7 Å².